The van der Waals surface area contributed by atoms with Crippen molar-refractivity contribution >= 4 is 34.1 Å². The number of aromatic nitrogens is 2. The highest BCUT2D eigenvalue weighted by Crippen LogP contribution is 2.40. The lowest BCUT2D eigenvalue weighted by molar-refractivity contribution is 0.0237. The fourth-order valence-electron chi connectivity index (χ4n) is 5.42. The van der Waals surface area contributed by atoms with E-state index < -0.39 is 17.2 Å². The second kappa shape index (κ2) is 10.6. The Morgan fingerprint density at radius 3 is 2.62 bits per heavy atom. The van der Waals surface area contributed by atoms with Crippen molar-refractivity contribution in [1.82, 2.24) is 14.9 Å². The number of hydrogen-bond acceptors (Lipinski definition) is 7. The molecular formula is C29H35F2N5O3. The number of anilines is 3. The van der Waals surface area contributed by atoms with Crippen molar-refractivity contribution in [2.75, 3.05) is 43.1 Å². The molecule has 3 aromatic rings. The van der Waals surface area contributed by atoms with Crippen LogP contribution in [0.3, 0.4) is 0 Å². The number of halogens is 2. The van der Waals surface area contributed by atoms with Crippen LogP contribution >= 0.6 is 0 Å². The van der Waals surface area contributed by atoms with Crippen molar-refractivity contribution < 1.29 is 23.0 Å². The van der Waals surface area contributed by atoms with Gasteiger partial charge in [-0.2, -0.15) is 0 Å². The first-order valence-corrected chi connectivity index (χ1v) is 13.3. The van der Waals surface area contributed by atoms with Crippen LogP contribution in [0.25, 0.3) is 10.9 Å². The number of nitrogens with zero attached hydrogens (tertiary/aromatic N) is 4. The second-order valence-corrected chi connectivity index (χ2v) is 11.3. The highest BCUT2D eigenvalue weighted by atomic mass is 19.1. The molecule has 1 unspecified atom stereocenters. The van der Waals surface area contributed by atoms with E-state index in [0.29, 0.717) is 43.2 Å². The number of nitrogens with one attached hydrogen (secondary N) is 1. The van der Waals surface area contributed by atoms with Gasteiger partial charge in [0.15, 0.2) is 0 Å². The SMILES string of the molecule is Cc1c(C2C[C@@H](C)N(C(=O)OC(C)(C)C)C2)nc2cc(F)cc(F)c2c1Nc1cncc(N2CCOCC2)c1. The molecule has 39 heavy (non-hydrogen) atoms. The molecule has 0 bridgehead atoms. The molecule has 0 spiro atoms. The fourth-order valence-corrected chi connectivity index (χ4v) is 5.42. The van der Waals surface area contributed by atoms with Crippen molar-refractivity contribution in [3.8, 4) is 0 Å². The predicted molar refractivity (Wildman–Crippen MR) is 147 cm³/mol. The molecule has 0 radical (unpaired) electrons. The van der Waals surface area contributed by atoms with Gasteiger partial charge in [0.05, 0.1) is 59.3 Å². The molecule has 1 amide bonds. The lowest BCUT2D eigenvalue weighted by Gasteiger charge is -2.29. The average Bonchev–Trinajstić information content (AvgIpc) is 3.26. The third-order valence-electron chi connectivity index (χ3n) is 7.24. The van der Waals surface area contributed by atoms with Crippen molar-refractivity contribution in [2.24, 2.45) is 0 Å². The molecule has 2 aliphatic heterocycles. The van der Waals surface area contributed by atoms with Crippen molar-refractivity contribution in [2.45, 2.75) is 58.6 Å². The quantitative estimate of drug-likeness (QED) is 0.442. The van der Waals surface area contributed by atoms with Crippen LogP contribution in [0.5, 0.6) is 0 Å². The molecule has 0 aliphatic carbocycles. The van der Waals surface area contributed by atoms with Crippen LogP contribution in [0, 0.1) is 18.6 Å². The zero-order chi connectivity index (χ0) is 27.9. The van der Waals surface area contributed by atoms with Crippen LogP contribution in [-0.2, 0) is 9.47 Å². The molecule has 1 N–H and O–H groups in total. The zero-order valence-corrected chi connectivity index (χ0v) is 23.1. The zero-order valence-electron chi connectivity index (χ0n) is 23.1. The normalized spacial score (nSPS) is 20.0. The van der Waals surface area contributed by atoms with Gasteiger partial charge < -0.3 is 24.6 Å². The summed E-state index contributed by atoms with van der Waals surface area (Å²) in [4.78, 5) is 25.9. The number of ether oxygens (including phenoxy) is 2. The van der Waals surface area contributed by atoms with E-state index in [2.05, 4.69) is 15.2 Å². The summed E-state index contributed by atoms with van der Waals surface area (Å²) in [5, 5.41) is 3.58. The first kappa shape index (κ1) is 27.1. The summed E-state index contributed by atoms with van der Waals surface area (Å²) in [7, 11) is 0. The summed E-state index contributed by atoms with van der Waals surface area (Å²) in [6, 6.07) is 4.02. The second-order valence-electron chi connectivity index (χ2n) is 11.3. The summed E-state index contributed by atoms with van der Waals surface area (Å²) in [6.07, 6.45) is 3.75. The summed E-state index contributed by atoms with van der Waals surface area (Å²) < 4.78 is 40.6. The van der Waals surface area contributed by atoms with Gasteiger partial charge in [-0.05, 0) is 52.7 Å². The van der Waals surface area contributed by atoms with E-state index in [4.69, 9.17) is 14.5 Å². The van der Waals surface area contributed by atoms with E-state index in [1.807, 2.05) is 40.7 Å². The average molecular weight is 540 g/mol. The van der Waals surface area contributed by atoms with Crippen molar-refractivity contribution in [3.05, 3.63) is 53.5 Å². The summed E-state index contributed by atoms with van der Waals surface area (Å²) in [6.45, 7) is 12.6. The summed E-state index contributed by atoms with van der Waals surface area (Å²) in [5.41, 5.74) is 3.18. The van der Waals surface area contributed by atoms with Crippen LogP contribution in [0.4, 0.5) is 30.6 Å². The minimum atomic E-state index is -0.695. The lowest BCUT2D eigenvalue weighted by atomic mass is 9.95. The maximum Gasteiger partial charge on any atom is 0.410 e. The molecule has 4 heterocycles. The van der Waals surface area contributed by atoms with Gasteiger partial charge >= 0.3 is 6.09 Å². The van der Waals surface area contributed by atoms with Crippen LogP contribution in [0.1, 0.15) is 51.3 Å². The Bertz CT molecular complexity index is 1390. The molecule has 2 fully saturated rings. The molecule has 1 aromatic carbocycles. The van der Waals surface area contributed by atoms with Crippen LogP contribution < -0.4 is 10.2 Å². The number of morpholine rings is 1. The molecular weight excluding hydrogens is 504 g/mol. The third-order valence-corrected chi connectivity index (χ3v) is 7.24. The van der Waals surface area contributed by atoms with E-state index in [1.54, 1.807) is 17.3 Å². The third kappa shape index (κ3) is 5.75. The standard InChI is InChI=1S/C29H35F2N5O3/c1-17-10-19(16-36(17)28(37)39-29(3,4)5)26-18(2)27(25-23(31)11-20(30)12-24(25)34-26)33-21-13-22(15-32-14-21)35-6-8-38-9-7-35/h11-15,17,19H,6-10,16H2,1-5H3,(H,33,34)/t17-,19?/m1/s1. The van der Waals surface area contributed by atoms with Gasteiger partial charge in [-0.1, -0.05) is 0 Å². The smallest absolute Gasteiger partial charge is 0.410 e. The number of carbonyl (C=O) groups is 1. The van der Waals surface area contributed by atoms with E-state index in [0.717, 1.165) is 30.4 Å². The maximum atomic E-state index is 15.2. The van der Waals surface area contributed by atoms with E-state index in [1.165, 1.54) is 6.07 Å². The Morgan fingerprint density at radius 1 is 1.15 bits per heavy atom. The van der Waals surface area contributed by atoms with Crippen LogP contribution in [-0.4, -0.2) is 65.5 Å². The highest BCUT2D eigenvalue weighted by molar-refractivity contribution is 5.96. The molecule has 5 rings (SSSR count). The first-order chi connectivity index (χ1) is 18.5. The minimum Gasteiger partial charge on any atom is -0.444 e. The van der Waals surface area contributed by atoms with Crippen molar-refractivity contribution in [1.29, 1.82) is 0 Å². The maximum absolute atomic E-state index is 15.2. The highest BCUT2D eigenvalue weighted by Gasteiger charge is 2.37. The number of fused-ring (bicyclic) bond motifs is 1. The Balaban J connectivity index is 1.52. The number of likely N-dealkylation sites (tertiary alicyclic amines) is 1. The van der Waals surface area contributed by atoms with Crippen LogP contribution in [0.15, 0.2) is 30.6 Å². The van der Waals surface area contributed by atoms with E-state index in [-0.39, 0.29) is 29.0 Å². The van der Waals surface area contributed by atoms with Gasteiger partial charge in [0.1, 0.15) is 17.2 Å². The first-order valence-electron chi connectivity index (χ1n) is 13.3. The number of hydrogen-bond donors (Lipinski definition) is 1. The Morgan fingerprint density at radius 2 is 1.90 bits per heavy atom. The molecule has 2 atom stereocenters. The molecule has 2 aromatic heterocycles. The number of rotatable bonds is 4. The Labute approximate surface area is 227 Å². The summed E-state index contributed by atoms with van der Waals surface area (Å²) in [5.74, 6) is -1.51. The Kier molecular flexibility index (Phi) is 7.33. The minimum absolute atomic E-state index is 0.0724. The molecule has 208 valence electrons. The van der Waals surface area contributed by atoms with Gasteiger partial charge in [-0.15, -0.1) is 0 Å². The number of pyridine rings is 2. The van der Waals surface area contributed by atoms with E-state index in [9.17, 15) is 9.18 Å². The molecule has 2 aliphatic rings. The fraction of sp³-hybridized carbons (Fsp3) is 0.483. The lowest BCUT2D eigenvalue weighted by Crippen LogP contribution is -2.38. The van der Waals surface area contributed by atoms with E-state index >= 15 is 4.39 Å². The van der Waals surface area contributed by atoms with Gasteiger partial charge in [0, 0.05) is 43.7 Å². The molecule has 10 heteroatoms. The van der Waals surface area contributed by atoms with Gasteiger partial charge in [-0.3, -0.25) is 9.97 Å². The molecule has 0 saturated carbocycles. The number of amides is 1. The summed E-state index contributed by atoms with van der Waals surface area (Å²) >= 11 is 0. The van der Waals surface area contributed by atoms with Gasteiger partial charge in [-0.25, -0.2) is 13.6 Å². The van der Waals surface area contributed by atoms with Crippen LogP contribution in [0.2, 0.25) is 0 Å². The van der Waals surface area contributed by atoms with Crippen molar-refractivity contribution in [3.63, 3.8) is 0 Å². The topological polar surface area (TPSA) is 79.8 Å². The molecule has 8 nitrogen and oxygen atoms in total. The number of carbonyl (C=O) groups excluding carboxylic acids is 1. The Hall–Kier alpha value is -3.53. The predicted octanol–water partition coefficient (Wildman–Crippen LogP) is 5.91. The molecule has 2 saturated heterocycles. The van der Waals surface area contributed by atoms with Gasteiger partial charge in [0.25, 0.3) is 0 Å². The van der Waals surface area contributed by atoms with Gasteiger partial charge in [0.2, 0.25) is 0 Å². The number of benzene rings is 1. The largest absolute Gasteiger partial charge is 0.444 e. The monoisotopic (exact) mass is 539 g/mol.